The zero-order chi connectivity index (χ0) is 13.5. The lowest BCUT2D eigenvalue weighted by Gasteiger charge is -2.14. The van der Waals surface area contributed by atoms with Gasteiger partial charge in [0.05, 0.1) is 0 Å². The van der Waals surface area contributed by atoms with Crippen molar-refractivity contribution in [1.29, 1.82) is 0 Å². The Hall–Kier alpha value is -1.32. The van der Waals surface area contributed by atoms with Gasteiger partial charge in [-0.1, -0.05) is 36.9 Å². The molecule has 0 aliphatic heterocycles. The number of nitrogens with one attached hydrogen (secondary N) is 1. The summed E-state index contributed by atoms with van der Waals surface area (Å²) in [6, 6.07) is 15.0. The van der Waals surface area contributed by atoms with Gasteiger partial charge in [0.25, 0.3) is 0 Å². The number of hydrogen-bond acceptors (Lipinski definition) is 3. The average Bonchev–Trinajstić information content (AvgIpc) is 2.46. The fourth-order valence-electron chi connectivity index (χ4n) is 1.84. The van der Waals surface area contributed by atoms with Crippen molar-refractivity contribution < 1.29 is 0 Å². The second kappa shape index (κ2) is 7.31. The number of aromatic nitrogens is 1. The first-order valence-electron chi connectivity index (χ1n) is 6.72. The Balaban J connectivity index is 2.06. The molecular formula is C16H20N2S. The molecule has 0 bridgehead atoms. The van der Waals surface area contributed by atoms with Crippen molar-refractivity contribution in [2.45, 2.75) is 36.2 Å². The van der Waals surface area contributed by atoms with Crippen LogP contribution in [0.2, 0.25) is 0 Å². The Morgan fingerprint density at radius 1 is 1.21 bits per heavy atom. The summed E-state index contributed by atoms with van der Waals surface area (Å²) in [4.78, 5) is 5.66. The smallest absolute Gasteiger partial charge is 0.101 e. The lowest BCUT2D eigenvalue weighted by molar-refractivity contribution is 0.569. The maximum absolute atomic E-state index is 4.43. The summed E-state index contributed by atoms with van der Waals surface area (Å²) in [6.45, 7) is 5.43. The summed E-state index contributed by atoms with van der Waals surface area (Å²) in [5.74, 6) is 0. The molecule has 0 saturated carbocycles. The van der Waals surface area contributed by atoms with E-state index in [0.717, 1.165) is 18.0 Å². The highest BCUT2D eigenvalue weighted by Gasteiger charge is 2.06. The molecule has 0 spiro atoms. The second-order valence-corrected chi connectivity index (χ2v) is 5.61. The van der Waals surface area contributed by atoms with Gasteiger partial charge in [-0.3, -0.25) is 0 Å². The molecule has 1 atom stereocenters. The van der Waals surface area contributed by atoms with Gasteiger partial charge in [0, 0.05) is 17.1 Å². The van der Waals surface area contributed by atoms with Crippen LogP contribution in [-0.2, 0) is 0 Å². The first-order chi connectivity index (χ1) is 9.29. The minimum absolute atomic E-state index is 0.373. The Labute approximate surface area is 119 Å². The van der Waals surface area contributed by atoms with E-state index in [1.54, 1.807) is 11.8 Å². The third-order valence-electron chi connectivity index (χ3n) is 2.93. The van der Waals surface area contributed by atoms with Crippen LogP contribution < -0.4 is 5.32 Å². The third kappa shape index (κ3) is 4.37. The van der Waals surface area contributed by atoms with Crippen LogP contribution in [0.4, 0.5) is 0 Å². The molecule has 0 amide bonds. The summed E-state index contributed by atoms with van der Waals surface area (Å²) >= 11 is 1.70. The van der Waals surface area contributed by atoms with E-state index in [1.165, 1.54) is 10.5 Å². The highest BCUT2D eigenvalue weighted by atomic mass is 32.2. The molecule has 0 aliphatic rings. The Bertz CT molecular complexity index is 499. The van der Waals surface area contributed by atoms with Gasteiger partial charge in [-0.15, -0.1) is 0 Å². The fraction of sp³-hybridized carbons (Fsp3) is 0.312. The highest BCUT2D eigenvalue weighted by Crippen LogP contribution is 2.27. The summed E-state index contributed by atoms with van der Waals surface area (Å²) in [5, 5.41) is 4.55. The van der Waals surface area contributed by atoms with Crippen molar-refractivity contribution in [3.63, 3.8) is 0 Å². The van der Waals surface area contributed by atoms with Gasteiger partial charge in [-0.25, -0.2) is 4.98 Å². The van der Waals surface area contributed by atoms with Gasteiger partial charge in [-0.2, -0.15) is 0 Å². The number of rotatable bonds is 6. The molecule has 1 N–H and O–H groups in total. The topological polar surface area (TPSA) is 24.9 Å². The molecule has 1 aromatic carbocycles. The number of nitrogens with zero attached hydrogens (tertiary/aromatic N) is 1. The summed E-state index contributed by atoms with van der Waals surface area (Å²) in [6.07, 6.45) is 3.05. The molecule has 2 nitrogen and oxygen atoms in total. The van der Waals surface area contributed by atoms with Crippen molar-refractivity contribution in [3.05, 3.63) is 54.2 Å². The summed E-state index contributed by atoms with van der Waals surface area (Å²) in [7, 11) is 0. The van der Waals surface area contributed by atoms with Crippen LogP contribution in [0.3, 0.4) is 0 Å². The van der Waals surface area contributed by atoms with Crippen LogP contribution in [0.1, 0.15) is 31.9 Å². The quantitative estimate of drug-likeness (QED) is 0.849. The predicted octanol–water partition coefficient (Wildman–Crippen LogP) is 4.29. The van der Waals surface area contributed by atoms with Crippen LogP contribution in [0.5, 0.6) is 0 Å². The van der Waals surface area contributed by atoms with Gasteiger partial charge >= 0.3 is 0 Å². The zero-order valence-electron chi connectivity index (χ0n) is 11.5. The lowest BCUT2D eigenvalue weighted by Crippen LogP contribution is -2.19. The molecule has 1 heterocycles. The number of hydrogen-bond donors (Lipinski definition) is 1. The van der Waals surface area contributed by atoms with E-state index < -0.39 is 0 Å². The Morgan fingerprint density at radius 3 is 2.74 bits per heavy atom. The van der Waals surface area contributed by atoms with Gasteiger partial charge in [0.1, 0.15) is 5.03 Å². The Kier molecular flexibility index (Phi) is 5.43. The molecule has 19 heavy (non-hydrogen) atoms. The largest absolute Gasteiger partial charge is 0.310 e. The van der Waals surface area contributed by atoms with E-state index in [1.807, 2.05) is 12.3 Å². The van der Waals surface area contributed by atoms with Crippen LogP contribution >= 0.6 is 11.8 Å². The number of pyridine rings is 1. The zero-order valence-corrected chi connectivity index (χ0v) is 12.3. The van der Waals surface area contributed by atoms with Crippen LogP contribution in [0, 0.1) is 0 Å². The van der Waals surface area contributed by atoms with Crippen molar-refractivity contribution in [2.24, 2.45) is 0 Å². The SMILES string of the molecule is CCCNC(C)c1ccnc(Sc2ccccc2)c1. The van der Waals surface area contributed by atoms with Crippen LogP contribution in [-0.4, -0.2) is 11.5 Å². The first-order valence-corrected chi connectivity index (χ1v) is 7.53. The van der Waals surface area contributed by atoms with E-state index in [4.69, 9.17) is 0 Å². The summed E-state index contributed by atoms with van der Waals surface area (Å²) in [5.41, 5.74) is 1.29. The minimum atomic E-state index is 0.373. The van der Waals surface area contributed by atoms with Gasteiger partial charge in [0.15, 0.2) is 0 Å². The average molecular weight is 272 g/mol. The normalized spacial score (nSPS) is 12.3. The maximum Gasteiger partial charge on any atom is 0.101 e. The molecular weight excluding hydrogens is 252 g/mol. The van der Waals surface area contributed by atoms with Crippen molar-refractivity contribution >= 4 is 11.8 Å². The highest BCUT2D eigenvalue weighted by molar-refractivity contribution is 7.99. The molecule has 0 fully saturated rings. The molecule has 0 saturated heterocycles. The van der Waals surface area contributed by atoms with Crippen molar-refractivity contribution in [1.82, 2.24) is 10.3 Å². The maximum atomic E-state index is 4.43. The predicted molar refractivity (Wildman–Crippen MR) is 81.5 cm³/mol. The van der Waals surface area contributed by atoms with Crippen LogP contribution in [0.15, 0.2) is 58.6 Å². The minimum Gasteiger partial charge on any atom is -0.310 e. The molecule has 2 rings (SSSR count). The van der Waals surface area contributed by atoms with Gasteiger partial charge < -0.3 is 5.32 Å². The van der Waals surface area contributed by atoms with Crippen LogP contribution in [0.25, 0.3) is 0 Å². The van der Waals surface area contributed by atoms with Crippen molar-refractivity contribution in [2.75, 3.05) is 6.54 Å². The molecule has 3 heteroatoms. The molecule has 0 radical (unpaired) electrons. The van der Waals surface area contributed by atoms with E-state index >= 15 is 0 Å². The van der Waals surface area contributed by atoms with Gasteiger partial charge in [-0.05, 0) is 49.7 Å². The molecule has 0 aliphatic carbocycles. The summed E-state index contributed by atoms with van der Waals surface area (Å²) < 4.78 is 0. The third-order valence-corrected chi connectivity index (χ3v) is 3.87. The molecule has 2 aromatic rings. The van der Waals surface area contributed by atoms with E-state index in [-0.39, 0.29) is 0 Å². The molecule has 1 aromatic heterocycles. The van der Waals surface area contributed by atoms with Gasteiger partial charge in [0.2, 0.25) is 0 Å². The monoisotopic (exact) mass is 272 g/mol. The van der Waals surface area contributed by atoms with E-state index in [2.05, 4.69) is 60.5 Å². The molecule has 1 unspecified atom stereocenters. The fourth-order valence-corrected chi connectivity index (χ4v) is 2.68. The Morgan fingerprint density at radius 2 is 2.00 bits per heavy atom. The lowest BCUT2D eigenvalue weighted by atomic mass is 10.1. The second-order valence-electron chi connectivity index (χ2n) is 4.52. The first kappa shape index (κ1) is 14.1. The van der Waals surface area contributed by atoms with E-state index in [9.17, 15) is 0 Å². The van der Waals surface area contributed by atoms with E-state index in [0.29, 0.717) is 6.04 Å². The van der Waals surface area contributed by atoms with Crippen molar-refractivity contribution in [3.8, 4) is 0 Å². The standard InChI is InChI=1S/C16H20N2S/c1-3-10-17-13(2)14-9-11-18-16(12-14)19-15-7-5-4-6-8-15/h4-9,11-13,17H,3,10H2,1-2H3. The number of benzene rings is 1. The molecule has 100 valence electrons.